The van der Waals surface area contributed by atoms with E-state index in [-0.39, 0.29) is 10.6 Å². The first kappa shape index (κ1) is 23.9. The van der Waals surface area contributed by atoms with E-state index >= 15 is 0 Å². The topological polar surface area (TPSA) is 96.2 Å². The van der Waals surface area contributed by atoms with Crippen molar-refractivity contribution in [3.63, 3.8) is 0 Å². The number of fused-ring (bicyclic) bond motifs is 1. The number of para-hydroxylation sites is 1. The molecule has 0 unspecified atom stereocenters. The van der Waals surface area contributed by atoms with E-state index in [0.29, 0.717) is 12.0 Å². The van der Waals surface area contributed by atoms with Gasteiger partial charge in [-0.3, -0.25) is 10.1 Å². The first-order valence-electron chi connectivity index (χ1n) is 12.1. The van der Waals surface area contributed by atoms with E-state index in [1.54, 1.807) is 12.1 Å². The van der Waals surface area contributed by atoms with E-state index in [1.165, 1.54) is 12.8 Å². The summed E-state index contributed by atoms with van der Waals surface area (Å²) in [5.74, 6) is 2.36. The number of nitrogens with one attached hydrogen (secondary N) is 2. The van der Waals surface area contributed by atoms with Gasteiger partial charge in [0.05, 0.1) is 10.4 Å². The Morgan fingerprint density at radius 3 is 2.47 bits per heavy atom. The van der Waals surface area contributed by atoms with Crippen molar-refractivity contribution in [2.24, 2.45) is 5.92 Å². The molecule has 0 bridgehead atoms. The first-order chi connectivity index (χ1) is 16.5. The third kappa shape index (κ3) is 6.20. The molecule has 0 amide bonds. The molecule has 34 heavy (non-hydrogen) atoms. The van der Waals surface area contributed by atoms with Gasteiger partial charge < -0.3 is 15.5 Å². The Balaban J connectivity index is 1.18. The second-order valence-electron chi connectivity index (χ2n) is 9.38. The van der Waals surface area contributed by atoms with Crippen LogP contribution in [-0.2, 0) is 6.42 Å². The molecule has 4 rings (SSSR count). The molecule has 3 aromatic rings. The maximum Gasteiger partial charge on any atom is 0.269 e. The molecular formula is C26H34N6O2. The Labute approximate surface area is 200 Å². The Bertz CT molecular complexity index is 1090. The molecular weight excluding hydrogens is 428 g/mol. The van der Waals surface area contributed by atoms with Gasteiger partial charge in [0, 0.05) is 37.7 Å². The number of rotatable bonds is 10. The highest BCUT2D eigenvalue weighted by Crippen LogP contribution is 2.28. The Morgan fingerprint density at radius 2 is 1.76 bits per heavy atom. The summed E-state index contributed by atoms with van der Waals surface area (Å²) in [6, 6.07) is 15.4. The zero-order chi connectivity index (χ0) is 23.9. The second-order valence-corrected chi connectivity index (χ2v) is 9.38. The number of non-ortho nitro benzene ring substituents is 1. The summed E-state index contributed by atoms with van der Waals surface area (Å²) in [4.78, 5) is 22.0. The van der Waals surface area contributed by atoms with Crippen LogP contribution >= 0.6 is 0 Å². The van der Waals surface area contributed by atoms with Crippen molar-refractivity contribution in [1.82, 2.24) is 15.3 Å². The van der Waals surface area contributed by atoms with E-state index in [0.717, 1.165) is 67.0 Å². The van der Waals surface area contributed by atoms with Gasteiger partial charge in [-0.2, -0.15) is 4.98 Å². The summed E-state index contributed by atoms with van der Waals surface area (Å²) in [5, 5.41) is 19.0. The highest BCUT2D eigenvalue weighted by Gasteiger charge is 2.22. The lowest BCUT2D eigenvalue weighted by molar-refractivity contribution is -0.384. The molecule has 1 fully saturated rings. The van der Waals surface area contributed by atoms with Gasteiger partial charge in [-0.1, -0.05) is 24.3 Å². The normalized spacial score (nSPS) is 18.1. The number of nitro groups is 1. The summed E-state index contributed by atoms with van der Waals surface area (Å²) < 4.78 is 0. The molecule has 0 aliphatic heterocycles. The number of nitrogens with zero attached hydrogens (tertiary/aromatic N) is 4. The molecule has 1 aliphatic rings. The van der Waals surface area contributed by atoms with Crippen molar-refractivity contribution in [3.05, 3.63) is 64.2 Å². The molecule has 8 nitrogen and oxygen atoms in total. The molecule has 1 aliphatic carbocycles. The summed E-state index contributed by atoms with van der Waals surface area (Å²) >= 11 is 0. The molecule has 1 heterocycles. The Morgan fingerprint density at radius 1 is 1.03 bits per heavy atom. The average molecular weight is 463 g/mol. The molecule has 0 radical (unpaired) electrons. The quantitative estimate of drug-likeness (QED) is 0.254. The number of hydrogen-bond acceptors (Lipinski definition) is 7. The van der Waals surface area contributed by atoms with Crippen LogP contribution < -0.4 is 15.5 Å². The van der Waals surface area contributed by atoms with E-state index in [4.69, 9.17) is 9.97 Å². The lowest BCUT2D eigenvalue weighted by Gasteiger charge is -2.29. The van der Waals surface area contributed by atoms with Crippen LogP contribution in [0.1, 0.15) is 37.7 Å². The number of aromatic nitrogens is 2. The molecule has 8 heteroatoms. The Kier molecular flexibility index (Phi) is 7.90. The van der Waals surface area contributed by atoms with E-state index in [1.807, 2.05) is 49.3 Å². The highest BCUT2D eigenvalue weighted by atomic mass is 16.6. The predicted molar refractivity (Wildman–Crippen MR) is 138 cm³/mol. The molecule has 0 saturated heterocycles. The predicted octanol–water partition coefficient (Wildman–Crippen LogP) is 4.80. The van der Waals surface area contributed by atoms with Crippen LogP contribution in [0.4, 0.5) is 17.5 Å². The maximum absolute atomic E-state index is 10.7. The SMILES string of the molecule is CN(C)c1nc(N[C@H]2CC[C@@H](CNCCCc3ccc([N+](=O)[O-])cc3)CC2)nc2ccccc12. The van der Waals surface area contributed by atoms with Crippen molar-refractivity contribution in [3.8, 4) is 0 Å². The number of benzene rings is 2. The third-order valence-electron chi connectivity index (χ3n) is 6.59. The zero-order valence-corrected chi connectivity index (χ0v) is 20.0. The fourth-order valence-corrected chi connectivity index (χ4v) is 4.67. The molecule has 1 saturated carbocycles. The smallest absolute Gasteiger partial charge is 0.269 e. The Hall–Kier alpha value is -3.26. The fraction of sp³-hybridized carbons (Fsp3) is 0.462. The highest BCUT2D eigenvalue weighted by molar-refractivity contribution is 5.90. The van der Waals surface area contributed by atoms with Gasteiger partial charge >= 0.3 is 0 Å². The summed E-state index contributed by atoms with van der Waals surface area (Å²) in [5.41, 5.74) is 2.26. The van der Waals surface area contributed by atoms with Crippen molar-refractivity contribution >= 4 is 28.4 Å². The van der Waals surface area contributed by atoms with Gasteiger partial charge in [0.15, 0.2) is 0 Å². The average Bonchev–Trinajstić information content (AvgIpc) is 2.84. The largest absolute Gasteiger partial charge is 0.362 e. The van der Waals surface area contributed by atoms with Gasteiger partial charge in [0.2, 0.25) is 5.95 Å². The van der Waals surface area contributed by atoms with Gasteiger partial charge in [-0.25, -0.2) is 4.98 Å². The number of aryl methyl sites for hydroxylation is 1. The van der Waals surface area contributed by atoms with Gasteiger partial charge in [0.25, 0.3) is 5.69 Å². The van der Waals surface area contributed by atoms with Crippen LogP contribution in [0, 0.1) is 16.0 Å². The van der Waals surface area contributed by atoms with E-state index in [2.05, 4.69) is 16.7 Å². The summed E-state index contributed by atoms with van der Waals surface area (Å²) in [6.45, 7) is 2.01. The van der Waals surface area contributed by atoms with Crippen molar-refractivity contribution in [1.29, 1.82) is 0 Å². The number of anilines is 2. The molecule has 0 spiro atoms. The minimum atomic E-state index is -0.356. The summed E-state index contributed by atoms with van der Waals surface area (Å²) in [6.07, 6.45) is 6.61. The fourth-order valence-electron chi connectivity index (χ4n) is 4.67. The van der Waals surface area contributed by atoms with Crippen molar-refractivity contribution < 1.29 is 4.92 Å². The maximum atomic E-state index is 10.7. The van der Waals surface area contributed by atoms with Gasteiger partial charge in [0.1, 0.15) is 5.82 Å². The lowest BCUT2D eigenvalue weighted by Crippen LogP contribution is -2.32. The van der Waals surface area contributed by atoms with Crippen LogP contribution in [0.3, 0.4) is 0 Å². The van der Waals surface area contributed by atoms with E-state index < -0.39 is 0 Å². The van der Waals surface area contributed by atoms with Crippen LogP contribution in [0.25, 0.3) is 10.9 Å². The van der Waals surface area contributed by atoms with E-state index in [9.17, 15) is 10.1 Å². The van der Waals surface area contributed by atoms with Gasteiger partial charge in [-0.05, 0) is 75.2 Å². The summed E-state index contributed by atoms with van der Waals surface area (Å²) in [7, 11) is 4.03. The molecule has 1 aromatic heterocycles. The molecule has 2 aromatic carbocycles. The van der Waals surface area contributed by atoms with Crippen LogP contribution in [0.15, 0.2) is 48.5 Å². The minimum absolute atomic E-state index is 0.150. The monoisotopic (exact) mass is 462 g/mol. The van der Waals surface area contributed by atoms with Crippen LogP contribution in [0.2, 0.25) is 0 Å². The van der Waals surface area contributed by atoms with Gasteiger partial charge in [-0.15, -0.1) is 0 Å². The lowest BCUT2D eigenvalue weighted by atomic mass is 9.86. The minimum Gasteiger partial charge on any atom is -0.362 e. The number of hydrogen-bond donors (Lipinski definition) is 2. The molecule has 2 N–H and O–H groups in total. The third-order valence-corrected chi connectivity index (χ3v) is 6.59. The van der Waals surface area contributed by atoms with Crippen LogP contribution in [-0.4, -0.2) is 48.1 Å². The first-order valence-corrected chi connectivity index (χ1v) is 12.1. The molecule has 0 atom stereocenters. The standard InChI is InChI=1S/C26H34N6O2/c1-31(2)25-23-7-3-4-8-24(23)29-26(30-25)28-21-13-9-20(10-14-21)18-27-17-5-6-19-11-15-22(16-12-19)32(33)34/h3-4,7-8,11-12,15-16,20-21,27H,5-6,9-10,13-14,17-18H2,1-2H3,(H,28,29,30)/t20-,21+. The number of nitro benzene ring substituents is 1. The van der Waals surface area contributed by atoms with Crippen molar-refractivity contribution in [2.75, 3.05) is 37.4 Å². The second kappa shape index (κ2) is 11.2. The zero-order valence-electron chi connectivity index (χ0n) is 20.0. The van der Waals surface area contributed by atoms with Crippen LogP contribution in [0.5, 0.6) is 0 Å². The molecule has 180 valence electrons. The van der Waals surface area contributed by atoms with Crippen molar-refractivity contribution in [2.45, 2.75) is 44.6 Å².